The molecule has 8 nitrogen and oxygen atoms in total. The number of carbonyl (C=O) groups excluding carboxylic acids is 2. The predicted octanol–water partition coefficient (Wildman–Crippen LogP) is 1.99. The molecule has 184 valence electrons. The van der Waals surface area contributed by atoms with Gasteiger partial charge in [0.25, 0.3) is 5.91 Å². The Morgan fingerprint density at radius 3 is 2.44 bits per heavy atom. The molecule has 0 saturated heterocycles. The number of amides is 1. The van der Waals surface area contributed by atoms with Gasteiger partial charge in [0.15, 0.2) is 0 Å². The highest BCUT2D eigenvalue weighted by Gasteiger charge is 2.22. The van der Waals surface area contributed by atoms with Crippen LogP contribution in [0.25, 0.3) is 0 Å². The number of hydrogen-bond acceptors (Lipinski definition) is 8. The Labute approximate surface area is 195 Å². The van der Waals surface area contributed by atoms with Gasteiger partial charge in [-0.25, -0.2) is 4.79 Å². The largest absolute Gasteiger partial charge is 0.467 e. The Hall–Kier alpha value is -1.39. The summed E-state index contributed by atoms with van der Waals surface area (Å²) in [4.78, 5) is 24.3. The molecule has 0 aromatic carbocycles. The zero-order chi connectivity index (χ0) is 23.8. The summed E-state index contributed by atoms with van der Waals surface area (Å²) in [5.74, 6) is 0.112. The van der Waals surface area contributed by atoms with Crippen LogP contribution in [-0.4, -0.2) is 84.9 Å². The quantitative estimate of drug-likeness (QED) is 0.135. The average Bonchev–Trinajstić information content (AvgIpc) is 3.31. The SMILES string of the molecule is C/C=C\C(=C/C)C(=O)NC(CCSCC(O)COCC(O)COC1CCCC1)C(=O)OC. The molecule has 1 fully saturated rings. The highest BCUT2D eigenvalue weighted by Crippen LogP contribution is 2.20. The summed E-state index contributed by atoms with van der Waals surface area (Å²) in [5, 5.41) is 22.7. The lowest BCUT2D eigenvalue weighted by Crippen LogP contribution is -2.42. The van der Waals surface area contributed by atoms with E-state index < -0.39 is 24.2 Å². The van der Waals surface area contributed by atoms with Gasteiger partial charge in [0, 0.05) is 11.3 Å². The van der Waals surface area contributed by atoms with Crippen molar-refractivity contribution < 1.29 is 34.0 Å². The Kier molecular flexibility index (Phi) is 15.3. The second-order valence-electron chi connectivity index (χ2n) is 7.74. The maximum absolute atomic E-state index is 12.3. The molecule has 1 saturated carbocycles. The van der Waals surface area contributed by atoms with E-state index in [4.69, 9.17) is 14.2 Å². The summed E-state index contributed by atoms with van der Waals surface area (Å²) in [7, 11) is 1.28. The van der Waals surface area contributed by atoms with E-state index in [2.05, 4.69) is 5.32 Å². The summed E-state index contributed by atoms with van der Waals surface area (Å²) < 4.78 is 15.8. The number of ether oxygens (including phenoxy) is 3. The molecule has 1 amide bonds. The smallest absolute Gasteiger partial charge is 0.328 e. The van der Waals surface area contributed by atoms with Gasteiger partial charge in [0.2, 0.25) is 0 Å². The fourth-order valence-electron chi connectivity index (χ4n) is 3.27. The Morgan fingerprint density at radius 2 is 1.81 bits per heavy atom. The van der Waals surface area contributed by atoms with Crippen LogP contribution in [0, 0.1) is 0 Å². The summed E-state index contributed by atoms with van der Waals surface area (Å²) in [6.07, 6.45) is 8.79. The van der Waals surface area contributed by atoms with E-state index in [-0.39, 0.29) is 31.8 Å². The van der Waals surface area contributed by atoms with Gasteiger partial charge >= 0.3 is 5.97 Å². The average molecular weight is 474 g/mol. The molecule has 0 spiro atoms. The van der Waals surface area contributed by atoms with Crippen molar-refractivity contribution >= 4 is 23.6 Å². The first kappa shape index (κ1) is 28.6. The molecule has 3 atom stereocenters. The van der Waals surface area contributed by atoms with Crippen molar-refractivity contribution in [3.8, 4) is 0 Å². The van der Waals surface area contributed by atoms with Crippen LogP contribution >= 0.6 is 11.8 Å². The number of carbonyl (C=O) groups is 2. The third-order valence-electron chi connectivity index (χ3n) is 5.02. The van der Waals surface area contributed by atoms with Crippen molar-refractivity contribution in [1.82, 2.24) is 5.32 Å². The van der Waals surface area contributed by atoms with Crippen LogP contribution in [0.1, 0.15) is 46.0 Å². The maximum atomic E-state index is 12.3. The van der Waals surface area contributed by atoms with Crippen molar-refractivity contribution in [3.63, 3.8) is 0 Å². The molecule has 0 bridgehead atoms. The topological polar surface area (TPSA) is 114 Å². The lowest BCUT2D eigenvalue weighted by atomic mass is 10.1. The van der Waals surface area contributed by atoms with E-state index in [0.717, 1.165) is 12.8 Å². The normalized spacial score (nSPS) is 18.0. The standard InChI is InChI=1S/C23H39NO7S/c1-4-8-17(5-2)22(27)24-21(23(28)29-3)11-12-32-16-19(26)14-30-13-18(25)15-31-20-9-6-7-10-20/h4-5,8,18-21,25-26H,6-7,9-16H2,1-3H3,(H,24,27)/b8-4-,17-5+. The van der Waals surface area contributed by atoms with Crippen LogP contribution in [0.3, 0.4) is 0 Å². The molecular weight excluding hydrogens is 434 g/mol. The minimum absolute atomic E-state index is 0.110. The third kappa shape index (κ3) is 12.0. The molecule has 0 aliphatic heterocycles. The molecule has 0 aromatic heterocycles. The number of thioether (sulfide) groups is 1. The lowest BCUT2D eigenvalue weighted by molar-refractivity contribution is -0.144. The van der Waals surface area contributed by atoms with Crippen molar-refractivity contribution in [2.45, 2.75) is 70.3 Å². The summed E-state index contributed by atoms with van der Waals surface area (Å²) in [6, 6.07) is -0.761. The van der Waals surface area contributed by atoms with Crippen molar-refractivity contribution in [2.24, 2.45) is 0 Å². The molecule has 0 aromatic rings. The van der Waals surface area contributed by atoms with Gasteiger partial charge in [-0.3, -0.25) is 4.79 Å². The molecule has 1 rings (SSSR count). The molecule has 9 heteroatoms. The number of hydrogen-bond donors (Lipinski definition) is 3. The number of aliphatic hydroxyl groups is 2. The van der Waals surface area contributed by atoms with E-state index in [1.54, 1.807) is 25.2 Å². The fraction of sp³-hybridized carbons (Fsp3) is 0.739. The predicted molar refractivity (Wildman–Crippen MR) is 126 cm³/mol. The van der Waals surface area contributed by atoms with Gasteiger partial charge in [-0.05, 0) is 38.9 Å². The van der Waals surface area contributed by atoms with E-state index in [9.17, 15) is 19.8 Å². The number of esters is 1. The molecule has 0 radical (unpaired) electrons. The van der Waals surface area contributed by atoms with E-state index in [0.29, 0.717) is 23.5 Å². The molecule has 32 heavy (non-hydrogen) atoms. The van der Waals surface area contributed by atoms with Gasteiger partial charge in [-0.1, -0.05) is 31.1 Å². The van der Waals surface area contributed by atoms with Crippen molar-refractivity contribution in [2.75, 3.05) is 38.4 Å². The van der Waals surface area contributed by atoms with Crippen LogP contribution in [0.4, 0.5) is 0 Å². The number of rotatable bonds is 16. The highest BCUT2D eigenvalue weighted by atomic mass is 32.2. The van der Waals surface area contributed by atoms with Crippen LogP contribution in [0.15, 0.2) is 23.8 Å². The van der Waals surface area contributed by atoms with E-state index in [1.165, 1.54) is 31.7 Å². The van der Waals surface area contributed by atoms with Crippen LogP contribution < -0.4 is 5.32 Å². The lowest BCUT2D eigenvalue weighted by Gasteiger charge is -2.18. The third-order valence-corrected chi connectivity index (χ3v) is 6.16. The minimum atomic E-state index is -0.761. The minimum Gasteiger partial charge on any atom is -0.467 e. The second-order valence-corrected chi connectivity index (χ2v) is 8.89. The molecule has 1 aliphatic carbocycles. The van der Waals surface area contributed by atoms with Gasteiger partial charge in [-0.15, -0.1) is 0 Å². The van der Waals surface area contributed by atoms with E-state index >= 15 is 0 Å². The van der Waals surface area contributed by atoms with Gasteiger partial charge in [0.05, 0.1) is 39.1 Å². The molecule has 3 N–H and O–H groups in total. The van der Waals surface area contributed by atoms with E-state index in [1.807, 2.05) is 6.92 Å². The van der Waals surface area contributed by atoms with Gasteiger partial charge in [-0.2, -0.15) is 11.8 Å². The van der Waals surface area contributed by atoms with Gasteiger partial charge in [0.1, 0.15) is 12.1 Å². The first-order valence-corrected chi connectivity index (χ1v) is 12.4. The number of methoxy groups -OCH3 is 1. The summed E-state index contributed by atoms with van der Waals surface area (Å²) in [6.45, 7) is 4.04. The monoisotopic (exact) mass is 473 g/mol. The van der Waals surface area contributed by atoms with Gasteiger partial charge < -0.3 is 29.7 Å². The molecule has 0 heterocycles. The first-order valence-electron chi connectivity index (χ1n) is 11.2. The molecular formula is C23H39NO7S. The Bertz CT molecular complexity index is 605. The van der Waals surface area contributed by atoms with Crippen LogP contribution in [0.5, 0.6) is 0 Å². The number of aliphatic hydroxyl groups excluding tert-OH is 2. The van der Waals surface area contributed by atoms with Crippen LogP contribution in [0.2, 0.25) is 0 Å². The summed E-state index contributed by atoms with van der Waals surface area (Å²) in [5.41, 5.74) is 0.470. The number of allylic oxidation sites excluding steroid dienone is 2. The Balaban J connectivity index is 2.23. The fourth-order valence-corrected chi connectivity index (χ4v) is 4.21. The van der Waals surface area contributed by atoms with Crippen LogP contribution in [-0.2, 0) is 23.8 Å². The van der Waals surface area contributed by atoms with Crippen molar-refractivity contribution in [1.29, 1.82) is 0 Å². The first-order chi connectivity index (χ1) is 15.4. The molecule has 3 unspecified atom stereocenters. The Morgan fingerprint density at radius 1 is 1.12 bits per heavy atom. The second kappa shape index (κ2) is 17.1. The van der Waals surface area contributed by atoms with Crippen molar-refractivity contribution in [3.05, 3.63) is 23.8 Å². The zero-order valence-electron chi connectivity index (χ0n) is 19.5. The zero-order valence-corrected chi connectivity index (χ0v) is 20.3. The highest BCUT2D eigenvalue weighted by molar-refractivity contribution is 7.99. The molecule has 1 aliphatic rings. The summed E-state index contributed by atoms with van der Waals surface area (Å²) >= 11 is 1.45. The number of nitrogens with one attached hydrogen (secondary N) is 1. The maximum Gasteiger partial charge on any atom is 0.328 e.